The van der Waals surface area contributed by atoms with Crippen LogP contribution in [0.4, 0.5) is 10.3 Å². The van der Waals surface area contributed by atoms with E-state index in [9.17, 15) is 9.18 Å². The summed E-state index contributed by atoms with van der Waals surface area (Å²) in [5, 5.41) is 3.87. The second-order valence-electron chi connectivity index (χ2n) is 7.80. The fraction of sp³-hybridized carbons (Fsp3) is 0.409. The average molecular weight is 426 g/mol. The Morgan fingerprint density at radius 3 is 2.68 bits per heavy atom. The Kier molecular flexibility index (Phi) is 6.43. The highest BCUT2D eigenvalue weighted by Gasteiger charge is 2.14. The predicted octanol–water partition coefficient (Wildman–Crippen LogP) is 2.31. The molecular weight excluding hydrogens is 399 g/mol. The number of hydrogen-bond donors (Lipinski definition) is 1. The van der Waals surface area contributed by atoms with Gasteiger partial charge in [-0.2, -0.15) is 4.98 Å². The van der Waals surface area contributed by atoms with Crippen LogP contribution >= 0.6 is 0 Å². The fourth-order valence-corrected chi connectivity index (χ4v) is 3.60. The minimum atomic E-state index is -0.531. The maximum atomic E-state index is 13.9. The van der Waals surface area contributed by atoms with Crippen LogP contribution in [-0.4, -0.2) is 70.7 Å². The van der Waals surface area contributed by atoms with Crippen LogP contribution in [0.15, 0.2) is 41.3 Å². The molecule has 1 fully saturated rings. The normalized spacial score (nSPS) is 15.3. The SMILES string of the molecule is CN1CCN(CCCNc2ncc3cc(Oc4ccccc4F)c(=O)n(C)c3n2)CC1. The molecule has 164 valence electrons. The number of halogens is 1. The first-order valence-corrected chi connectivity index (χ1v) is 10.5. The molecule has 1 saturated heterocycles. The number of nitrogens with one attached hydrogen (secondary N) is 1. The van der Waals surface area contributed by atoms with Gasteiger partial charge < -0.3 is 19.9 Å². The summed E-state index contributed by atoms with van der Waals surface area (Å²) in [5.41, 5.74) is 0.0953. The quantitative estimate of drug-likeness (QED) is 0.581. The van der Waals surface area contributed by atoms with Crippen LogP contribution in [0, 0.1) is 5.82 Å². The van der Waals surface area contributed by atoms with Gasteiger partial charge in [-0.3, -0.25) is 9.36 Å². The number of fused-ring (bicyclic) bond motifs is 1. The van der Waals surface area contributed by atoms with Gasteiger partial charge in [-0.25, -0.2) is 9.37 Å². The van der Waals surface area contributed by atoms with Crippen molar-refractivity contribution in [3.05, 3.63) is 52.7 Å². The standard InChI is InChI=1S/C22H27FN6O2/c1-27-10-12-29(13-11-27)9-5-8-24-22-25-15-16-14-19(21(30)28(2)20(16)26-22)31-18-7-4-3-6-17(18)23/h3-4,6-7,14-15H,5,8-13H2,1-2H3,(H,24,25,26). The van der Waals surface area contributed by atoms with Gasteiger partial charge in [0.1, 0.15) is 5.65 Å². The third kappa shape index (κ3) is 5.00. The van der Waals surface area contributed by atoms with E-state index in [0.29, 0.717) is 17.0 Å². The molecular formula is C22H27FN6O2. The van der Waals surface area contributed by atoms with Crippen LogP contribution in [0.3, 0.4) is 0 Å². The number of pyridine rings is 1. The topological polar surface area (TPSA) is 75.5 Å². The van der Waals surface area contributed by atoms with Gasteiger partial charge in [0, 0.05) is 51.4 Å². The zero-order valence-corrected chi connectivity index (χ0v) is 17.8. The summed E-state index contributed by atoms with van der Waals surface area (Å²) in [6, 6.07) is 7.51. The highest BCUT2D eigenvalue weighted by molar-refractivity contribution is 5.76. The van der Waals surface area contributed by atoms with Crippen LogP contribution in [-0.2, 0) is 7.05 Å². The van der Waals surface area contributed by atoms with E-state index in [1.54, 1.807) is 31.4 Å². The second kappa shape index (κ2) is 9.40. The number of benzene rings is 1. The van der Waals surface area contributed by atoms with Crippen molar-refractivity contribution in [3.8, 4) is 11.5 Å². The van der Waals surface area contributed by atoms with E-state index in [-0.39, 0.29) is 11.5 Å². The summed E-state index contributed by atoms with van der Waals surface area (Å²) in [4.78, 5) is 26.3. The second-order valence-corrected chi connectivity index (χ2v) is 7.80. The summed E-state index contributed by atoms with van der Waals surface area (Å²) < 4.78 is 20.8. The minimum absolute atomic E-state index is 0.00138. The molecule has 0 aliphatic carbocycles. The monoisotopic (exact) mass is 426 g/mol. The lowest BCUT2D eigenvalue weighted by Gasteiger charge is -2.32. The number of anilines is 1. The van der Waals surface area contributed by atoms with E-state index in [1.165, 1.54) is 16.7 Å². The molecule has 2 aromatic heterocycles. The largest absolute Gasteiger partial charge is 0.448 e. The Morgan fingerprint density at radius 1 is 1.13 bits per heavy atom. The molecule has 4 rings (SSSR count). The fourth-order valence-electron chi connectivity index (χ4n) is 3.60. The van der Waals surface area contributed by atoms with Gasteiger partial charge in [-0.15, -0.1) is 0 Å². The average Bonchev–Trinajstić information content (AvgIpc) is 2.78. The number of likely N-dealkylation sites (N-methyl/N-ethyl adjacent to an activating group) is 1. The molecule has 0 atom stereocenters. The van der Waals surface area contributed by atoms with E-state index in [2.05, 4.69) is 32.1 Å². The molecule has 0 saturated carbocycles. The third-order valence-electron chi connectivity index (χ3n) is 5.50. The highest BCUT2D eigenvalue weighted by atomic mass is 19.1. The lowest BCUT2D eigenvalue weighted by molar-refractivity contribution is 0.154. The Morgan fingerprint density at radius 2 is 1.90 bits per heavy atom. The Bertz CT molecular complexity index is 1110. The van der Waals surface area contributed by atoms with Gasteiger partial charge in [-0.1, -0.05) is 12.1 Å². The molecule has 8 nitrogen and oxygen atoms in total. The van der Waals surface area contributed by atoms with Crippen molar-refractivity contribution < 1.29 is 9.13 Å². The number of hydrogen-bond acceptors (Lipinski definition) is 7. The summed E-state index contributed by atoms with van der Waals surface area (Å²) in [6.07, 6.45) is 2.62. The molecule has 3 heterocycles. The molecule has 0 amide bonds. The van der Waals surface area contributed by atoms with Gasteiger partial charge in [0.2, 0.25) is 5.95 Å². The lowest BCUT2D eigenvalue weighted by atomic mass is 10.3. The molecule has 9 heteroatoms. The smallest absolute Gasteiger partial charge is 0.294 e. The molecule has 0 radical (unpaired) electrons. The van der Waals surface area contributed by atoms with Gasteiger partial charge in [0.05, 0.1) is 0 Å². The molecule has 1 aliphatic heterocycles. The molecule has 0 spiro atoms. The molecule has 3 aromatic rings. The van der Waals surface area contributed by atoms with Crippen molar-refractivity contribution in [1.29, 1.82) is 0 Å². The molecule has 0 unspecified atom stereocenters. The summed E-state index contributed by atoms with van der Waals surface area (Å²) in [7, 11) is 3.77. The summed E-state index contributed by atoms with van der Waals surface area (Å²) >= 11 is 0. The maximum absolute atomic E-state index is 13.9. The molecule has 31 heavy (non-hydrogen) atoms. The zero-order valence-electron chi connectivity index (χ0n) is 17.8. The van der Waals surface area contributed by atoms with Crippen LogP contribution < -0.4 is 15.6 Å². The molecule has 1 aromatic carbocycles. The van der Waals surface area contributed by atoms with Crippen molar-refractivity contribution in [2.24, 2.45) is 7.05 Å². The van der Waals surface area contributed by atoms with Crippen LogP contribution in [0.25, 0.3) is 11.0 Å². The van der Waals surface area contributed by atoms with Gasteiger partial charge in [0.25, 0.3) is 5.56 Å². The summed E-state index contributed by atoms with van der Waals surface area (Å²) in [5.74, 6) is -0.0317. The molecule has 0 bridgehead atoms. The number of nitrogens with zero attached hydrogens (tertiary/aromatic N) is 5. The Balaban J connectivity index is 1.42. The molecule has 1 N–H and O–H groups in total. The van der Waals surface area contributed by atoms with Crippen molar-refractivity contribution in [1.82, 2.24) is 24.3 Å². The van der Waals surface area contributed by atoms with Crippen molar-refractivity contribution in [3.63, 3.8) is 0 Å². The van der Waals surface area contributed by atoms with E-state index in [0.717, 1.165) is 45.7 Å². The van der Waals surface area contributed by atoms with Crippen LogP contribution in [0.2, 0.25) is 0 Å². The van der Waals surface area contributed by atoms with Gasteiger partial charge in [0.15, 0.2) is 17.3 Å². The number of para-hydroxylation sites is 1. The van der Waals surface area contributed by atoms with Crippen LogP contribution in [0.1, 0.15) is 6.42 Å². The Hall–Kier alpha value is -3.04. The number of piperazine rings is 1. The summed E-state index contributed by atoms with van der Waals surface area (Å²) in [6.45, 7) is 6.20. The van der Waals surface area contributed by atoms with Gasteiger partial charge in [-0.05, 0) is 38.2 Å². The number of rotatable bonds is 7. The minimum Gasteiger partial charge on any atom is -0.448 e. The first kappa shape index (κ1) is 21.2. The predicted molar refractivity (Wildman–Crippen MR) is 118 cm³/mol. The van der Waals surface area contributed by atoms with E-state index in [4.69, 9.17) is 4.74 Å². The first-order valence-electron chi connectivity index (χ1n) is 10.5. The van der Waals surface area contributed by atoms with Crippen molar-refractivity contribution in [2.75, 3.05) is 51.6 Å². The molecule has 1 aliphatic rings. The van der Waals surface area contributed by atoms with Crippen molar-refractivity contribution >= 4 is 17.0 Å². The third-order valence-corrected chi connectivity index (χ3v) is 5.50. The number of ether oxygens (including phenoxy) is 1. The van der Waals surface area contributed by atoms with E-state index >= 15 is 0 Å². The van der Waals surface area contributed by atoms with Gasteiger partial charge >= 0.3 is 0 Å². The lowest BCUT2D eigenvalue weighted by Crippen LogP contribution is -2.44. The first-order chi connectivity index (χ1) is 15.0. The zero-order chi connectivity index (χ0) is 21.8. The number of aromatic nitrogens is 3. The van der Waals surface area contributed by atoms with Crippen molar-refractivity contribution in [2.45, 2.75) is 6.42 Å². The van der Waals surface area contributed by atoms with E-state index < -0.39 is 11.4 Å². The number of aryl methyl sites for hydroxylation is 1. The van der Waals surface area contributed by atoms with Crippen LogP contribution in [0.5, 0.6) is 11.5 Å². The highest BCUT2D eigenvalue weighted by Crippen LogP contribution is 2.24. The maximum Gasteiger partial charge on any atom is 0.294 e. The van der Waals surface area contributed by atoms with E-state index in [1.807, 2.05) is 0 Å². The Labute approximate surface area is 180 Å².